The average Bonchev–Trinajstić information content (AvgIpc) is 1.65. The summed E-state index contributed by atoms with van der Waals surface area (Å²) in [6.45, 7) is 3.40. The molecule has 0 rings (SSSR count). The molecule has 2 heteroatoms. The third-order valence-electron chi connectivity index (χ3n) is 0.962. The van der Waals surface area contributed by atoms with Gasteiger partial charge >= 0.3 is 0 Å². The first-order chi connectivity index (χ1) is 3.18. The molecule has 0 saturated carbocycles. The molecule has 0 saturated heterocycles. The zero-order valence-corrected chi connectivity index (χ0v) is 4.77. The Morgan fingerprint density at radius 2 is 2.29 bits per heavy atom. The quantitative estimate of drug-likeness (QED) is 0.544. The molecule has 0 aromatic rings. The molecule has 0 aromatic heterocycles. The topological polar surface area (TPSA) is 43.1 Å². The summed E-state index contributed by atoms with van der Waals surface area (Å²) >= 11 is 0. The van der Waals surface area contributed by atoms with Gasteiger partial charge in [-0.2, -0.15) is 0 Å². The first kappa shape index (κ1) is 6.63. The van der Waals surface area contributed by atoms with Gasteiger partial charge in [-0.25, -0.2) is 0 Å². The molecule has 0 aliphatic rings. The van der Waals surface area contributed by atoms with Crippen molar-refractivity contribution < 1.29 is 4.79 Å². The van der Waals surface area contributed by atoms with Gasteiger partial charge in [-0.3, -0.25) is 4.79 Å². The number of rotatable bonds is 2. The van der Waals surface area contributed by atoms with E-state index in [0.29, 0.717) is 0 Å². The number of hydrogen-bond donors (Lipinski definition) is 1. The summed E-state index contributed by atoms with van der Waals surface area (Å²) < 4.78 is 0. The Bertz CT molecular complexity index is 70.5. The Morgan fingerprint density at radius 1 is 1.86 bits per heavy atom. The third kappa shape index (κ3) is 2.34. The molecule has 1 atom stereocenters. The number of Topliss-reactive ketones (excluding diaryl/α,β-unsaturated/α-hetero) is 1. The van der Waals surface area contributed by atoms with Crippen molar-refractivity contribution in [2.45, 2.75) is 26.3 Å². The Hall–Kier alpha value is -0.370. The fourth-order valence-corrected chi connectivity index (χ4v) is 0.287. The predicted molar refractivity (Wildman–Crippen MR) is 28.9 cm³/mol. The van der Waals surface area contributed by atoms with Crippen LogP contribution in [0.15, 0.2) is 0 Å². The van der Waals surface area contributed by atoms with Crippen LogP contribution in [0.25, 0.3) is 0 Å². The van der Waals surface area contributed by atoms with Crippen LogP contribution in [-0.2, 0) is 4.79 Å². The average molecular weight is 101 g/mol. The van der Waals surface area contributed by atoms with E-state index in [0.717, 1.165) is 6.42 Å². The SMILES string of the molecule is CC[C@@H](N)C(C)=O. The van der Waals surface area contributed by atoms with E-state index in [1.54, 1.807) is 0 Å². The van der Waals surface area contributed by atoms with Gasteiger partial charge in [0.25, 0.3) is 0 Å². The van der Waals surface area contributed by atoms with Crippen molar-refractivity contribution in [1.29, 1.82) is 0 Å². The molecule has 0 spiro atoms. The van der Waals surface area contributed by atoms with E-state index in [4.69, 9.17) is 5.73 Å². The molecule has 0 radical (unpaired) electrons. The summed E-state index contributed by atoms with van der Waals surface area (Å²) in [7, 11) is 0. The van der Waals surface area contributed by atoms with Crippen LogP contribution >= 0.6 is 0 Å². The van der Waals surface area contributed by atoms with Crippen molar-refractivity contribution >= 4 is 5.78 Å². The number of nitrogens with two attached hydrogens (primary N) is 1. The molecular weight excluding hydrogens is 90.1 g/mol. The van der Waals surface area contributed by atoms with Crippen molar-refractivity contribution in [3.8, 4) is 0 Å². The van der Waals surface area contributed by atoms with E-state index >= 15 is 0 Å². The van der Waals surface area contributed by atoms with Gasteiger partial charge in [0.05, 0.1) is 6.04 Å². The van der Waals surface area contributed by atoms with Crippen LogP contribution in [0.5, 0.6) is 0 Å². The summed E-state index contributed by atoms with van der Waals surface area (Å²) in [5, 5.41) is 0. The van der Waals surface area contributed by atoms with Crippen LogP contribution < -0.4 is 5.73 Å². The van der Waals surface area contributed by atoms with Crippen LogP contribution in [0.4, 0.5) is 0 Å². The van der Waals surface area contributed by atoms with Gasteiger partial charge in [0.2, 0.25) is 0 Å². The molecule has 7 heavy (non-hydrogen) atoms. The second-order valence-electron chi connectivity index (χ2n) is 1.63. The zero-order valence-electron chi connectivity index (χ0n) is 4.77. The number of carbonyl (C=O) groups is 1. The van der Waals surface area contributed by atoms with Gasteiger partial charge < -0.3 is 5.73 Å². The van der Waals surface area contributed by atoms with E-state index in [2.05, 4.69) is 0 Å². The maximum Gasteiger partial charge on any atom is 0.146 e. The molecule has 0 bridgehead atoms. The standard InChI is InChI=1S/C5H11NO/c1-3-5(6)4(2)7/h5H,3,6H2,1-2H3/t5-/m1/s1. The van der Waals surface area contributed by atoms with E-state index in [9.17, 15) is 4.79 Å². The highest BCUT2D eigenvalue weighted by molar-refractivity contribution is 5.80. The maximum atomic E-state index is 10.2. The summed E-state index contributed by atoms with van der Waals surface area (Å²) in [5.74, 6) is 0.0718. The van der Waals surface area contributed by atoms with Crippen LogP contribution in [-0.4, -0.2) is 11.8 Å². The lowest BCUT2D eigenvalue weighted by Crippen LogP contribution is -2.26. The summed E-state index contributed by atoms with van der Waals surface area (Å²) in [5.41, 5.74) is 5.27. The summed E-state index contributed by atoms with van der Waals surface area (Å²) in [4.78, 5) is 10.2. The Morgan fingerprint density at radius 3 is 2.29 bits per heavy atom. The molecule has 0 unspecified atom stereocenters. The summed E-state index contributed by atoms with van der Waals surface area (Å²) in [6, 6.07) is -0.236. The normalized spacial score (nSPS) is 13.6. The van der Waals surface area contributed by atoms with Crippen molar-refractivity contribution in [3.63, 3.8) is 0 Å². The molecule has 0 heterocycles. The van der Waals surface area contributed by atoms with E-state index in [-0.39, 0.29) is 11.8 Å². The molecular formula is C5H11NO. The lowest BCUT2D eigenvalue weighted by Gasteiger charge is -1.99. The van der Waals surface area contributed by atoms with Crippen LogP contribution in [0, 0.1) is 0 Å². The van der Waals surface area contributed by atoms with Crippen LogP contribution in [0.2, 0.25) is 0 Å². The largest absolute Gasteiger partial charge is 0.322 e. The van der Waals surface area contributed by atoms with Crippen molar-refractivity contribution in [3.05, 3.63) is 0 Å². The minimum Gasteiger partial charge on any atom is -0.322 e. The molecule has 42 valence electrons. The highest BCUT2D eigenvalue weighted by Crippen LogP contribution is 1.84. The molecule has 0 aliphatic heterocycles. The third-order valence-corrected chi connectivity index (χ3v) is 0.962. The number of carbonyl (C=O) groups excluding carboxylic acids is 1. The monoisotopic (exact) mass is 101 g/mol. The first-order valence-electron chi connectivity index (χ1n) is 2.44. The van der Waals surface area contributed by atoms with E-state index < -0.39 is 0 Å². The van der Waals surface area contributed by atoms with Crippen LogP contribution in [0.1, 0.15) is 20.3 Å². The van der Waals surface area contributed by atoms with Crippen molar-refractivity contribution in [1.82, 2.24) is 0 Å². The van der Waals surface area contributed by atoms with Gasteiger partial charge in [-0.1, -0.05) is 6.92 Å². The maximum absolute atomic E-state index is 10.2. The van der Waals surface area contributed by atoms with Gasteiger partial charge in [-0.15, -0.1) is 0 Å². The molecule has 0 fully saturated rings. The second kappa shape index (κ2) is 2.75. The fraction of sp³-hybridized carbons (Fsp3) is 0.800. The summed E-state index contributed by atoms with van der Waals surface area (Å²) in [6.07, 6.45) is 0.745. The minimum atomic E-state index is -0.236. The van der Waals surface area contributed by atoms with E-state index in [1.807, 2.05) is 6.92 Å². The van der Waals surface area contributed by atoms with Crippen molar-refractivity contribution in [2.24, 2.45) is 5.73 Å². The fourth-order valence-electron chi connectivity index (χ4n) is 0.287. The Kier molecular flexibility index (Phi) is 2.60. The number of hydrogen-bond acceptors (Lipinski definition) is 2. The second-order valence-corrected chi connectivity index (χ2v) is 1.63. The van der Waals surface area contributed by atoms with Gasteiger partial charge in [0.15, 0.2) is 0 Å². The van der Waals surface area contributed by atoms with Gasteiger partial charge in [-0.05, 0) is 13.3 Å². The van der Waals surface area contributed by atoms with E-state index in [1.165, 1.54) is 6.92 Å². The zero-order chi connectivity index (χ0) is 5.86. The highest BCUT2D eigenvalue weighted by Gasteiger charge is 2.01. The lowest BCUT2D eigenvalue weighted by atomic mass is 10.2. The Balaban J connectivity index is 3.34. The van der Waals surface area contributed by atoms with Gasteiger partial charge in [0.1, 0.15) is 5.78 Å². The minimum absolute atomic E-state index is 0.0718. The molecule has 2 N–H and O–H groups in total. The molecule has 2 nitrogen and oxygen atoms in total. The van der Waals surface area contributed by atoms with Crippen LogP contribution in [0.3, 0.4) is 0 Å². The number of ketones is 1. The molecule has 0 amide bonds. The first-order valence-corrected chi connectivity index (χ1v) is 2.44. The highest BCUT2D eigenvalue weighted by atomic mass is 16.1. The molecule has 0 aliphatic carbocycles. The van der Waals surface area contributed by atoms with Crippen molar-refractivity contribution in [2.75, 3.05) is 0 Å². The molecule has 0 aromatic carbocycles. The Labute approximate surface area is 43.7 Å². The predicted octanol–water partition coefficient (Wildman–Crippen LogP) is 0.313. The van der Waals surface area contributed by atoms with Gasteiger partial charge in [0, 0.05) is 0 Å². The smallest absolute Gasteiger partial charge is 0.146 e. The lowest BCUT2D eigenvalue weighted by molar-refractivity contribution is -0.118.